The molecule has 11 heteroatoms. The molecule has 2 heterocycles. The van der Waals surface area contributed by atoms with Crippen LogP contribution in [0, 0.1) is 12.7 Å². The molecule has 4 aromatic rings. The van der Waals surface area contributed by atoms with Gasteiger partial charge in [-0.05, 0) is 55.0 Å². The van der Waals surface area contributed by atoms with Crippen molar-refractivity contribution in [3.8, 4) is 16.9 Å². The molecule has 196 valence electrons. The van der Waals surface area contributed by atoms with Gasteiger partial charge in [-0.3, -0.25) is 4.79 Å². The number of rotatable bonds is 5. The second-order valence-corrected chi connectivity index (χ2v) is 10.9. The number of carbonyl (C=O) groups excluding carboxylic acids is 1. The minimum absolute atomic E-state index is 0.0167. The number of halogens is 2. The molecular formula is C27H21ClFNO7S. The van der Waals surface area contributed by atoms with Crippen LogP contribution < -0.4 is 10.2 Å². The zero-order valence-electron chi connectivity index (χ0n) is 20.1. The molecule has 0 bridgehead atoms. The van der Waals surface area contributed by atoms with Crippen molar-refractivity contribution in [1.29, 1.82) is 0 Å². The first kappa shape index (κ1) is 26.1. The summed E-state index contributed by atoms with van der Waals surface area (Å²) in [6.45, 7) is 2.58. The number of morpholine rings is 1. The first-order valence-corrected chi connectivity index (χ1v) is 13.4. The van der Waals surface area contributed by atoms with Gasteiger partial charge in [0.25, 0.3) is 0 Å². The van der Waals surface area contributed by atoms with Crippen molar-refractivity contribution in [3.63, 3.8) is 0 Å². The molecule has 0 N–H and O–H groups in total. The number of carbonyl (C=O) groups is 1. The lowest BCUT2D eigenvalue weighted by Crippen LogP contribution is -2.40. The van der Waals surface area contributed by atoms with Crippen LogP contribution in [0.4, 0.5) is 4.39 Å². The number of sulfonamides is 1. The van der Waals surface area contributed by atoms with Crippen molar-refractivity contribution in [1.82, 2.24) is 4.31 Å². The molecule has 1 saturated heterocycles. The fraction of sp³-hybridized carbons (Fsp3) is 0.185. The predicted octanol–water partition coefficient (Wildman–Crippen LogP) is 4.80. The Morgan fingerprint density at radius 3 is 2.45 bits per heavy atom. The number of esters is 1. The molecule has 0 spiro atoms. The molecule has 8 nitrogen and oxygen atoms in total. The van der Waals surface area contributed by atoms with Crippen molar-refractivity contribution in [2.75, 3.05) is 26.3 Å². The van der Waals surface area contributed by atoms with E-state index < -0.39 is 21.8 Å². The van der Waals surface area contributed by atoms with E-state index in [1.54, 1.807) is 6.92 Å². The number of aryl methyl sites for hydroxylation is 1. The van der Waals surface area contributed by atoms with Crippen LogP contribution in [0.25, 0.3) is 22.1 Å². The number of hydrogen-bond donors (Lipinski definition) is 0. The van der Waals surface area contributed by atoms with Gasteiger partial charge in [-0.25, -0.2) is 17.6 Å². The third-order valence-corrected chi connectivity index (χ3v) is 8.37. The maximum atomic E-state index is 13.3. The summed E-state index contributed by atoms with van der Waals surface area (Å²) in [5, 5.41) is 0.259. The van der Waals surface area contributed by atoms with E-state index in [2.05, 4.69) is 0 Å². The lowest BCUT2D eigenvalue weighted by molar-refractivity contribution is 0.0727. The number of fused-ring (bicyclic) bond motifs is 1. The highest BCUT2D eigenvalue weighted by Gasteiger charge is 2.28. The summed E-state index contributed by atoms with van der Waals surface area (Å²) >= 11 is 6.20. The highest BCUT2D eigenvalue weighted by atomic mass is 35.5. The van der Waals surface area contributed by atoms with Gasteiger partial charge in [-0.15, -0.1) is 0 Å². The lowest BCUT2D eigenvalue weighted by Gasteiger charge is -2.26. The second kappa shape index (κ2) is 10.3. The van der Waals surface area contributed by atoms with Gasteiger partial charge in [-0.2, -0.15) is 4.31 Å². The van der Waals surface area contributed by atoms with Gasteiger partial charge in [0.2, 0.25) is 15.5 Å². The summed E-state index contributed by atoms with van der Waals surface area (Å²) in [7, 11) is -3.86. The van der Waals surface area contributed by atoms with Gasteiger partial charge in [0, 0.05) is 19.2 Å². The molecule has 0 amide bonds. The summed E-state index contributed by atoms with van der Waals surface area (Å²) in [4.78, 5) is 26.0. The molecule has 3 aromatic carbocycles. The zero-order valence-corrected chi connectivity index (χ0v) is 21.6. The fourth-order valence-electron chi connectivity index (χ4n) is 4.22. The van der Waals surface area contributed by atoms with Crippen LogP contribution in [0.15, 0.2) is 74.8 Å². The quantitative estimate of drug-likeness (QED) is 0.256. The van der Waals surface area contributed by atoms with Crippen LogP contribution in [-0.4, -0.2) is 45.0 Å². The molecule has 1 fully saturated rings. The normalized spacial score (nSPS) is 14.5. The molecule has 0 radical (unpaired) electrons. The Balaban J connectivity index is 1.44. The maximum Gasteiger partial charge on any atom is 0.345 e. The Hall–Kier alpha value is -3.57. The number of ether oxygens (including phenoxy) is 2. The Morgan fingerprint density at radius 2 is 1.74 bits per heavy atom. The van der Waals surface area contributed by atoms with Gasteiger partial charge in [-0.1, -0.05) is 23.7 Å². The van der Waals surface area contributed by atoms with Crippen molar-refractivity contribution >= 4 is 38.6 Å². The lowest BCUT2D eigenvalue weighted by atomic mass is 10.0. The molecule has 0 aliphatic carbocycles. The Labute approximate surface area is 222 Å². The Morgan fingerprint density at radius 1 is 1.03 bits per heavy atom. The largest absolute Gasteiger partial charge is 0.460 e. The van der Waals surface area contributed by atoms with Crippen molar-refractivity contribution in [3.05, 3.63) is 93.1 Å². The molecule has 1 aliphatic heterocycles. The third kappa shape index (κ3) is 4.95. The van der Waals surface area contributed by atoms with E-state index in [4.69, 9.17) is 25.5 Å². The van der Waals surface area contributed by atoms with Crippen LogP contribution in [0.1, 0.15) is 16.1 Å². The second-order valence-electron chi connectivity index (χ2n) is 8.57. The van der Waals surface area contributed by atoms with Crippen molar-refractivity contribution in [2.45, 2.75) is 11.8 Å². The molecular weight excluding hydrogens is 537 g/mol. The van der Waals surface area contributed by atoms with E-state index in [1.807, 2.05) is 0 Å². The van der Waals surface area contributed by atoms with E-state index in [0.29, 0.717) is 16.9 Å². The minimum Gasteiger partial charge on any atom is -0.460 e. The fourth-order valence-corrected chi connectivity index (χ4v) is 5.85. The zero-order chi connectivity index (χ0) is 27.0. The molecule has 38 heavy (non-hydrogen) atoms. The molecule has 1 aromatic heterocycles. The minimum atomic E-state index is -3.86. The Bertz CT molecular complexity index is 1710. The van der Waals surface area contributed by atoms with E-state index in [1.165, 1.54) is 65.0 Å². The van der Waals surface area contributed by atoms with Gasteiger partial charge in [0.1, 0.15) is 22.9 Å². The number of hydrogen-bond acceptors (Lipinski definition) is 7. The number of nitrogens with zero attached hydrogens (tertiary/aromatic N) is 1. The van der Waals surface area contributed by atoms with Gasteiger partial charge < -0.3 is 13.9 Å². The average Bonchev–Trinajstić information content (AvgIpc) is 2.90. The highest BCUT2D eigenvalue weighted by Crippen LogP contribution is 2.28. The first-order chi connectivity index (χ1) is 18.1. The average molecular weight is 558 g/mol. The van der Waals surface area contributed by atoms with Crippen LogP contribution in [0.2, 0.25) is 5.02 Å². The summed E-state index contributed by atoms with van der Waals surface area (Å²) < 4.78 is 57.1. The van der Waals surface area contributed by atoms with Crippen LogP contribution in [0.5, 0.6) is 5.75 Å². The number of benzene rings is 3. The molecule has 0 saturated carbocycles. The molecule has 0 atom stereocenters. The van der Waals surface area contributed by atoms with Crippen LogP contribution >= 0.6 is 11.6 Å². The molecule has 0 unspecified atom stereocenters. The molecule has 5 rings (SSSR count). The highest BCUT2D eigenvalue weighted by molar-refractivity contribution is 7.89. The first-order valence-electron chi connectivity index (χ1n) is 11.6. The monoisotopic (exact) mass is 557 g/mol. The summed E-state index contributed by atoms with van der Waals surface area (Å²) in [5.41, 5.74) is 0.532. The topological polar surface area (TPSA) is 103 Å². The molecule has 1 aliphatic rings. The summed E-state index contributed by atoms with van der Waals surface area (Å²) in [6, 6.07) is 13.6. The third-order valence-electron chi connectivity index (χ3n) is 6.15. The van der Waals surface area contributed by atoms with E-state index in [-0.39, 0.29) is 63.9 Å². The standard InChI is InChI=1S/C27H21ClFNO7S/c1-16-25(17-2-4-18(29)5-3-17)26(31)21-8-6-19(14-24(21)36-16)37-27(32)22-15-20(7-9-23(22)28)38(33,34)30-10-12-35-13-11-30/h2-9,14-15H,10-13H2,1H3. The predicted molar refractivity (Wildman–Crippen MR) is 139 cm³/mol. The van der Waals surface area contributed by atoms with Gasteiger partial charge >= 0.3 is 5.97 Å². The van der Waals surface area contributed by atoms with Gasteiger partial charge in [0.05, 0.1) is 39.6 Å². The van der Waals surface area contributed by atoms with E-state index >= 15 is 0 Å². The van der Waals surface area contributed by atoms with Crippen LogP contribution in [-0.2, 0) is 14.8 Å². The SMILES string of the molecule is Cc1oc2cc(OC(=O)c3cc(S(=O)(=O)N4CCOCC4)ccc3Cl)ccc2c(=O)c1-c1ccc(F)cc1. The van der Waals surface area contributed by atoms with E-state index in [0.717, 1.165) is 0 Å². The van der Waals surface area contributed by atoms with Gasteiger partial charge in [0.15, 0.2) is 0 Å². The summed E-state index contributed by atoms with van der Waals surface area (Å²) in [5.74, 6) is -0.929. The smallest absolute Gasteiger partial charge is 0.345 e. The van der Waals surface area contributed by atoms with Crippen molar-refractivity contribution < 1.29 is 31.5 Å². The van der Waals surface area contributed by atoms with Crippen molar-refractivity contribution in [2.24, 2.45) is 0 Å². The summed E-state index contributed by atoms with van der Waals surface area (Å²) in [6.07, 6.45) is 0. The van der Waals surface area contributed by atoms with E-state index in [9.17, 15) is 22.4 Å². The maximum absolute atomic E-state index is 13.3. The Kier molecular flexibility index (Phi) is 7.06. The van der Waals surface area contributed by atoms with Crippen LogP contribution in [0.3, 0.4) is 0 Å².